The van der Waals surface area contributed by atoms with Gasteiger partial charge in [0.25, 0.3) is 0 Å². The molecular formula is C25H32Cl2F2N4O. The number of amides is 1. The molecule has 34 heavy (non-hydrogen) atoms. The van der Waals surface area contributed by atoms with Gasteiger partial charge in [0.15, 0.2) is 0 Å². The maximum atomic E-state index is 14.1. The van der Waals surface area contributed by atoms with Gasteiger partial charge in [-0.3, -0.25) is 4.79 Å². The van der Waals surface area contributed by atoms with Gasteiger partial charge < -0.3 is 20.0 Å². The van der Waals surface area contributed by atoms with Crippen LogP contribution in [0.15, 0.2) is 42.5 Å². The number of anilines is 2. The lowest BCUT2D eigenvalue weighted by Crippen LogP contribution is -2.47. The minimum atomic E-state index is -0.256. The highest BCUT2D eigenvalue weighted by Gasteiger charge is 2.42. The second-order valence-corrected chi connectivity index (χ2v) is 9.05. The van der Waals surface area contributed by atoms with E-state index in [9.17, 15) is 13.6 Å². The van der Waals surface area contributed by atoms with Crippen molar-refractivity contribution >= 4 is 42.1 Å². The number of piperazine rings is 1. The van der Waals surface area contributed by atoms with E-state index in [1.165, 1.54) is 18.2 Å². The zero-order valence-electron chi connectivity index (χ0n) is 19.1. The van der Waals surface area contributed by atoms with Crippen LogP contribution in [-0.4, -0.2) is 67.6 Å². The molecule has 9 heteroatoms. The number of likely N-dealkylation sites (tertiary alicyclic amines) is 1. The average molecular weight is 513 g/mol. The van der Waals surface area contributed by atoms with Crippen LogP contribution in [0.4, 0.5) is 20.2 Å². The SMILES string of the molecule is Cl.Cl.O=C(CCCN1CC[C@@H]2[C@@H](C1)c1cc(F)ccc1N2c1ccc(F)cc1)N1CCNCC1. The van der Waals surface area contributed by atoms with Crippen LogP contribution in [0.25, 0.3) is 0 Å². The third-order valence-corrected chi connectivity index (χ3v) is 7.08. The zero-order valence-corrected chi connectivity index (χ0v) is 20.7. The molecule has 2 saturated heterocycles. The molecule has 5 rings (SSSR count). The third-order valence-electron chi connectivity index (χ3n) is 7.08. The number of nitrogens with zero attached hydrogens (tertiary/aromatic N) is 3. The monoisotopic (exact) mass is 512 g/mol. The second kappa shape index (κ2) is 11.7. The largest absolute Gasteiger partial charge is 0.340 e. The maximum absolute atomic E-state index is 14.1. The number of carbonyl (C=O) groups excluding carboxylic acids is 1. The van der Waals surface area contributed by atoms with Crippen molar-refractivity contribution in [3.05, 3.63) is 59.7 Å². The smallest absolute Gasteiger partial charge is 0.222 e. The molecule has 0 spiro atoms. The highest BCUT2D eigenvalue weighted by Crippen LogP contribution is 2.48. The molecule has 1 N–H and O–H groups in total. The van der Waals surface area contributed by atoms with Crippen molar-refractivity contribution in [2.75, 3.05) is 50.7 Å². The standard InChI is InChI=1S/C25H30F2N4O.2ClH/c26-18-3-6-20(7-4-18)31-23-8-5-19(27)16-21(23)22-17-29(13-9-24(22)31)12-1-2-25(32)30-14-10-28-11-15-30;;/h3-8,16,22,24,28H,1-2,9-15,17H2;2*1H/t22-,24+;;/m0../s1. The molecule has 3 aliphatic rings. The van der Waals surface area contributed by atoms with Crippen molar-refractivity contribution in [1.82, 2.24) is 15.1 Å². The fourth-order valence-corrected chi connectivity index (χ4v) is 5.50. The summed E-state index contributed by atoms with van der Waals surface area (Å²) in [5, 5.41) is 3.28. The van der Waals surface area contributed by atoms with E-state index in [4.69, 9.17) is 0 Å². The Kier molecular flexibility index (Phi) is 9.15. The van der Waals surface area contributed by atoms with E-state index in [-0.39, 0.29) is 54.3 Å². The summed E-state index contributed by atoms with van der Waals surface area (Å²) in [4.78, 5) is 19.1. The van der Waals surface area contributed by atoms with E-state index in [1.54, 1.807) is 18.2 Å². The van der Waals surface area contributed by atoms with Crippen molar-refractivity contribution in [2.24, 2.45) is 0 Å². The third kappa shape index (κ3) is 5.48. The molecule has 2 atom stereocenters. The molecule has 3 aliphatic heterocycles. The van der Waals surface area contributed by atoms with Crippen LogP contribution in [0.2, 0.25) is 0 Å². The summed E-state index contributed by atoms with van der Waals surface area (Å²) < 4.78 is 27.6. The van der Waals surface area contributed by atoms with Gasteiger partial charge in [-0.05, 0) is 67.4 Å². The first kappa shape index (κ1) is 26.7. The summed E-state index contributed by atoms with van der Waals surface area (Å²) in [6.45, 7) is 6.02. The summed E-state index contributed by atoms with van der Waals surface area (Å²) in [6.07, 6.45) is 2.37. The maximum Gasteiger partial charge on any atom is 0.222 e. The van der Waals surface area contributed by atoms with Gasteiger partial charge in [-0.15, -0.1) is 24.8 Å². The van der Waals surface area contributed by atoms with Crippen LogP contribution in [-0.2, 0) is 4.79 Å². The lowest BCUT2D eigenvalue weighted by Gasteiger charge is -2.39. The molecule has 2 fully saturated rings. The summed E-state index contributed by atoms with van der Waals surface area (Å²) >= 11 is 0. The van der Waals surface area contributed by atoms with Crippen LogP contribution >= 0.6 is 24.8 Å². The summed E-state index contributed by atoms with van der Waals surface area (Å²) in [7, 11) is 0. The molecule has 5 nitrogen and oxygen atoms in total. The van der Waals surface area contributed by atoms with Gasteiger partial charge in [-0.2, -0.15) is 0 Å². The zero-order chi connectivity index (χ0) is 22.1. The van der Waals surface area contributed by atoms with E-state index in [0.29, 0.717) is 6.42 Å². The average Bonchev–Trinajstić information content (AvgIpc) is 3.13. The Hall–Kier alpha value is -1.93. The molecule has 186 valence electrons. The molecule has 2 aromatic carbocycles. The predicted octanol–water partition coefficient (Wildman–Crippen LogP) is 4.33. The van der Waals surface area contributed by atoms with Crippen molar-refractivity contribution < 1.29 is 13.6 Å². The first-order valence-electron chi connectivity index (χ1n) is 11.7. The van der Waals surface area contributed by atoms with Crippen molar-refractivity contribution in [3.63, 3.8) is 0 Å². The number of halogens is 4. The van der Waals surface area contributed by atoms with E-state index in [2.05, 4.69) is 15.1 Å². The van der Waals surface area contributed by atoms with Crippen molar-refractivity contribution in [2.45, 2.75) is 31.2 Å². The van der Waals surface area contributed by atoms with E-state index < -0.39 is 0 Å². The van der Waals surface area contributed by atoms with Gasteiger partial charge in [0.1, 0.15) is 11.6 Å². The topological polar surface area (TPSA) is 38.8 Å². The number of carbonyl (C=O) groups is 1. The van der Waals surface area contributed by atoms with Crippen LogP contribution in [0.3, 0.4) is 0 Å². The van der Waals surface area contributed by atoms with Crippen LogP contribution in [0.5, 0.6) is 0 Å². The quantitative estimate of drug-likeness (QED) is 0.646. The molecule has 0 unspecified atom stereocenters. The number of rotatable bonds is 5. The number of nitrogens with one attached hydrogen (secondary N) is 1. The van der Waals surface area contributed by atoms with Crippen molar-refractivity contribution in [3.8, 4) is 0 Å². The van der Waals surface area contributed by atoms with Gasteiger partial charge >= 0.3 is 0 Å². The number of benzene rings is 2. The highest BCUT2D eigenvalue weighted by molar-refractivity contribution is 5.85. The Balaban J connectivity index is 0.00000162. The van der Waals surface area contributed by atoms with Gasteiger partial charge in [0.2, 0.25) is 5.91 Å². The molecular weight excluding hydrogens is 481 g/mol. The van der Waals surface area contributed by atoms with Crippen LogP contribution in [0.1, 0.15) is 30.7 Å². The number of hydrogen-bond donors (Lipinski definition) is 1. The normalized spacial score (nSPS) is 21.8. The van der Waals surface area contributed by atoms with Crippen LogP contribution in [0, 0.1) is 11.6 Å². The summed E-state index contributed by atoms with van der Waals surface area (Å²) in [6, 6.07) is 11.8. The lowest BCUT2D eigenvalue weighted by molar-refractivity contribution is -0.131. The molecule has 3 heterocycles. The Labute approximate surface area is 212 Å². The molecule has 2 aromatic rings. The summed E-state index contributed by atoms with van der Waals surface area (Å²) in [5.41, 5.74) is 2.99. The van der Waals surface area contributed by atoms with E-state index in [0.717, 1.165) is 75.6 Å². The number of fused-ring (bicyclic) bond motifs is 3. The van der Waals surface area contributed by atoms with Gasteiger partial charge in [0, 0.05) is 69.0 Å². The van der Waals surface area contributed by atoms with Gasteiger partial charge in [0.05, 0.1) is 0 Å². The second-order valence-electron chi connectivity index (χ2n) is 9.05. The number of hydrogen-bond acceptors (Lipinski definition) is 4. The van der Waals surface area contributed by atoms with E-state index >= 15 is 0 Å². The Morgan fingerprint density at radius 3 is 2.41 bits per heavy atom. The van der Waals surface area contributed by atoms with Gasteiger partial charge in [-0.25, -0.2) is 8.78 Å². The summed E-state index contributed by atoms with van der Waals surface area (Å²) in [5.74, 6) is -0.0308. The minimum absolute atomic E-state index is 0. The van der Waals surface area contributed by atoms with Crippen LogP contribution < -0.4 is 10.2 Å². The Morgan fingerprint density at radius 1 is 0.971 bits per heavy atom. The van der Waals surface area contributed by atoms with E-state index in [1.807, 2.05) is 11.0 Å². The molecule has 0 bridgehead atoms. The fourth-order valence-electron chi connectivity index (χ4n) is 5.50. The molecule has 0 aromatic heterocycles. The first-order chi connectivity index (χ1) is 15.6. The highest BCUT2D eigenvalue weighted by atomic mass is 35.5. The minimum Gasteiger partial charge on any atom is -0.340 e. The van der Waals surface area contributed by atoms with Gasteiger partial charge in [-0.1, -0.05) is 0 Å². The van der Waals surface area contributed by atoms with Crippen molar-refractivity contribution in [1.29, 1.82) is 0 Å². The molecule has 0 saturated carbocycles. The lowest BCUT2D eigenvalue weighted by atomic mass is 9.89. The molecule has 1 amide bonds. The first-order valence-corrected chi connectivity index (χ1v) is 11.7. The Morgan fingerprint density at radius 2 is 1.68 bits per heavy atom. The fraction of sp³-hybridized carbons (Fsp3) is 0.480. The number of piperidine rings is 1. The Bertz CT molecular complexity index is 972. The molecule has 0 radical (unpaired) electrons. The predicted molar refractivity (Wildman–Crippen MR) is 136 cm³/mol. The molecule has 0 aliphatic carbocycles.